The summed E-state index contributed by atoms with van der Waals surface area (Å²) in [4.78, 5) is 19.0. The molecule has 1 aromatic heterocycles. The minimum atomic E-state index is 0.0342. The van der Waals surface area contributed by atoms with Crippen molar-refractivity contribution >= 4 is 5.78 Å². The number of Topliss-reactive ketones (excluding diaryl/α,β-unsaturated/α-hetero) is 1. The number of H-pyrrole nitrogens is 1. The maximum absolute atomic E-state index is 12.0. The van der Waals surface area contributed by atoms with E-state index in [0.717, 1.165) is 12.2 Å². The number of benzene rings is 1. The van der Waals surface area contributed by atoms with E-state index in [1.54, 1.807) is 24.5 Å². The molecule has 0 unspecified atom stereocenters. The highest BCUT2D eigenvalue weighted by molar-refractivity contribution is 5.97. The van der Waals surface area contributed by atoms with Gasteiger partial charge in [-0.15, -0.1) is 0 Å². The molecule has 0 aliphatic carbocycles. The normalized spacial score (nSPS) is 10.3. The van der Waals surface area contributed by atoms with Crippen LogP contribution in [0.3, 0.4) is 0 Å². The molecule has 4 nitrogen and oxygen atoms in total. The number of hydrogen-bond acceptors (Lipinski definition) is 3. The molecule has 1 heterocycles. The highest BCUT2D eigenvalue weighted by atomic mass is 16.5. The molecule has 0 aliphatic heterocycles. The summed E-state index contributed by atoms with van der Waals surface area (Å²) in [7, 11) is 0. The van der Waals surface area contributed by atoms with Crippen molar-refractivity contribution in [3.05, 3.63) is 48.0 Å². The number of aromatic nitrogens is 2. The fourth-order valence-electron chi connectivity index (χ4n) is 1.63. The van der Waals surface area contributed by atoms with Crippen LogP contribution in [0.2, 0.25) is 0 Å². The molecule has 0 atom stereocenters. The maximum Gasteiger partial charge on any atom is 0.170 e. The summed E-state index contributed by atoms with van der Waals surface area (Å²) in [6.07, 6.45) is 4.58. The molecule has 1 N–H and O–H groups in total. The van der Waals surface area contributed by atoms with Gasteiger partial charge < -0.3 is 9.72 Å². The number of aromatic amines is 1. The van der Waals surface area contributed by atoms with Gasteiger partial charge in [-0.25, -0.2) is 4.98 Å². The highest BCUT2D eigenvalue weighted by Crippen LogP contribution is 2.15. The Bertz CT molecular complexity index is 506. The van der Waals surface area contributed by atoms with Crippen LogP contribution in [0.5, 0.6) is 5.75 Å². The Balaban J connectivity index is 2.05. The van der Waals surface area contributed by atoms with Gasteiger partial charge in [-0.1, -0.05) is 19.1 Å². The fourth-order valence-corrected chi connectivity index (χ4v) is 1.63. The van der Waals surface area contributed by atoms with Gasteiger partial charge in [0, 0.05) is 18.0 Å². The number of imidazole rings is 1. The average Bonchev–Trinajstić information content (AvgIpc) is 2.89. The van der Waals surface area contributed by atoms with Crippen LogP contribution in [0, 0.1) is 0 Å². The van der Waals surface area contributed by atoms with E-state index in [9.17, 15) is 4.79 Å². The second-order valence-corrected chi connectivity index (χ2v) is 4.01. The van der Waals surface area contributed by atoms with Crippen molar-refractivity contribution in [2.75, 3.05) is 6.61 Å². The summed E-state index contributed by atoms with van der Waals surface area (Å²) >= 11 is 0. The molecular formula is C14H16N2O2. The standard InChI is InChI=1S/C14H16N2O2/c1-2-8-18-12-5-3-4-11(9-12)13(17)10-14-15-6-7-16-14/h3-7,9H,2,8,10H2,1H3,(H,15,16). The average molecular weight is 244 g/mol. The lowest BCUT2D eigenvalue weighted by Gasteiger charge is -2.06. The molecule has 2 aromatic rings. The van der Waals surface area contributed by atoms with Gasteiger partial charge in [-0.2, -0.15) is 0 Å². The zero-order valence-corrected chi connectivity index (χ0v) is 10.3. The second-order valence-electron chi connectivity index (χ2n) is 4.01. The Morgan fingerprint density at radius 2 is 2.33 bits per heavy atom. The molecule has 0 radical (unpaired) electrons. The van der Waals surface area contributed by atoms with E-state index in [1.165, 1.54) is 0 Å². The molecule has 2 rings (SSSR count). The molecule has 0 saturated carbocycles. The van der Waals surface area contributed by atoms with E-state index in [4.69, 9.17) is 4.74 Å². The third-order valence-electron chi connectivity index (χ3n) is 2.51. The van der Waals surface area contributed by atoms with E-state index in [1.807, 2.05) is 19.1 Å². The van der Waals surface area contributed by atoms with E-state index in [2.05, 4.69) is 9.97 Å². The first-order valence-corrected chi connectivity index (χ1v) is 6.04. The number of hydrogen-bond donors (Lipinski definition) is 1. The lowest BCUT2D eigenvalue weighted by atomic mass is 10.1. The zero-order chi connectivity index (χ0) is 12.8. The third kappa shape index (κ3) is 3.20. The fraction of sp³-hybridized carbons (Fsp3) is 0.286. The first kappa shape index (κ1) is 12.4. The number of carbonyl (C=O) groups is 1. The van der Waals surface area contributed by atoms with Gasteiger partial charge in [-0.3, -0.25) is 4.79 Å². The Morgan fingerprint density at radius 3 is 3.06 bits per heavy atom. The highest BCUT2D eigenvalue weighted by Gasteiger charge is 2.09. The molecule has 1 aromatic carbocycles. The Morgan fingerprint density at radius 1 is 1.44 bits per heavy atom. The number of carbonyl (C=O) groups excluding carboxylic acids is 1. The van der Waals surface area contributed by atoms with Crippen LogP contribution >= 0.6 is 0 Å². The molecule has 0 aliphatic rings. The lowest BCUT2D eigenvalue weighted by Crippen LogP contribution is -2.05. The van der Waals surface area contributed by atoms with Crippen LogP contribution in [0.15, 0.2) is 36.7 Å². The second kappa shape index (κ2) is 6.00. The SMILES string of the molecule is CCCOc1cccc(C(=O)Cc2ncc[nH]2)c1. The Kier molecular flexibility index (Phi) is 4.12. The Labute approximate surface area is 106 Å². The first-order chi connectivity index (χ1) is 8.79. The van der Waals surface area contributed by atoms with Gasteiger partial charge in [-0.05, 0) is 18.6 Å². The summed E-state index contributed by atoms with van der Waals surface area (Å²) in [5.41, 5.74) is 0.653. The van der Waals surface area contributed by atoms with Crippen LogP contribution in [0.25, 0.3) is 0 Å². The van der Waals surface area contributed by atoms with E-state index >= 15 is 0 Å². The first-order valence-electron chi connectivity index (χ1n) is 6.04. The number of rotatable bonds is 6. The summed E-state index contributed by atoms with van der Waals surface area (Å²) in [6.45, 7) is 2.71. The number of nitrogens with one attached hydrogen (secondary N) is 1. The van der Waals surface area contributed by atoms with Crippen molar-refractivity contribution in [1.82, 2.24) is 9.97 Å². The zero-order valence-electron chi connectivity index (χ0n) is 10.3. The summed E-state index contributed by atoms with van der Waals surface area (Å²) in [6, 6.07) is 7.27. The molecule has 4 heteroatoms. The van der Waals surface area contributed by atoms with Crippen molar-refractivity contribution in [3.63, 3.8) is 0 Å². The molecule has 0 saturated heterocycles. The van der Waals surface area contributed by atoms with Gasteiger partial charge >= 0.3 is 0 Å². The van der Waals surface area contributed by atoms with Gasteiger partial charge in [0.15, 0.2) is 5.78 Å². The monoisotopic (exact) mass is 244 g/mol. The Hall–Kier alpha value is -2.10. The minimum absolute atomic E-state index is 0.0342. The van der Waals surface area contributed by atoms with Crippen molar-refractivity contribution in [1.29, 1.82) is 0 Å². The predicted octanol–water partition coefficient (Wildman–Crippen LogP) is 2.62. The maximum atomic E-state index is 12.0. The molecule has 0 amide bonds. The smallest absolute Gasteiger partial charge is 0.170 e. The molecule has 0 fully saturated rings. The van der Waals surface area contributed by atoms with Crippen LogP contribution in [-0.4, -0.2) is 22.4 Å². The summed E-state index contributed by atoms with van der Waals surface area (Å²) in [5, 5.41) is 0. The third-order valence-corrected chi connectivity index (χ3v) is 2.51. The molecular weight excluding hydrogens is 228 g/mol. The largest absolute Gasteiger partial charge is 0.494 e. The van der Waals surface area contributed by atoms with E-state index in [-0.39, 0.29) is 12.2 Å². The quantitative estimate of drug-likeness (QED) is 0.795. The minimum Gasteiger partial charge on any atom is -0.494 e. The summed E-state index contributed by atoms with van der Waals surface area (Å²) < 4.78 is 5.51. The van der Waals surface area contributed by atoms with Gasteiger partial charge in [0.25, 0.3) is 0 Å². The van der Waals surface area contributed by atoms with Gasteiger partial charge in [0.05, 0.1) is 13.0 Å². The summed E-state index contributed by atoms with van der Waals surface area (Å²) in [5.74, 6) is 1.45. The van der Waals surface area contributed by atoms with Crippen molar-refractivity contribution in [3.8, 4) is 5.75 Å². The molecule has 0 bridgehead atoms. The van der Waals surface area contributed by atoms with Crippen LogP contribution in [0.1, 0.15) is 29.5 Å². The van der Waals surface area contributed by atoms with E-state index in [0.29, 0.717) is 18.0 Å². The van der Waals surface area contributed by atoms with Crippen molar-refractivity contribution in [2.45, 2.75) is 19.8 Å². The van der Waals surface area contributed by atoms with Crippen LogP contribution < -0.4 is 4.74 Å². The molecule has 0 spiro atoms. The van der Waals surface area contributed by atoms with Crippen LogP contribution in [-0.2, 0) is 6.42 Å². The molecule has 18 heavy (non-hydrogen) atoms. The number of ether oxygens (including phenoxy) is 1. The predicted molar refractivity (Wildman–Crippen MR) is 68.9 cm³/mol. The van der Waals surface area contributed by atoms with Crippen LogP contribution in [0.4, 0.5) is 0 Å². The van der Waals surface area contributed by atoms with Gasteiger partial charge in [0.1, 0.15) is 11.6 Å². The van der Waals surface area contributed by atoms with Crippen molar-refractivity contribution < 1.29 is 9.53 Å². The van der Waals surface area contributed by atoms with Crippen molar-refractivity contribution in [2.24, 2.45) is 0 Å². The van der Waals surface area contributed by atoms with Gasteiger partial charge in [0.2, 0.25) is 0 Å². The number of ketones is 1. The van der Waals surface area contributed by atoms with E-state index < -0.39 is 0 Å². The topological polar surface area (TPSA) is 55.0 Å². The lowest BCUT2D eigenvalue weighted by molar-refractivity contribution is 0.0990. The molecule has 94 valence electrons. The number of nitrogens with zero attached hydrogens (tertiary/aromatic N) is 1.